The van der Waals surface area contributed by atoms with E-state index in [1.165, 1.54) is 24.4 Å². The Hall–Kier alpha value is -3.19. The fourth-order valence-corrected chi connectivity index (χ4v) is 2.61. The summed E-state index contributed by atoms with van der Waals surface area (Å²) in [5.74, 6) is -0.322. The number of halogens is 1. The molecular weight excluding hydrogens is 344 g/mol. The first-order valence-electron chi connectivity index (χ1n) is 7.35. The van der Waals surface area contributed by atoms with Gasteiger partial charge in [0, 0.05) is 28.2 Å². The summed E-state index contributed by atoms with van der Waals surface area (Å²) in [4.78, 5) is 25.6. The Morgan fingerprint density at radius 2 is 2.12 bits per heavy atom. The number of H-pyrrole nitrogens is 1. The molecule has 0 radical (unpaired) electrons. The van der Waals surface area contributed by atoms with Crippen molar-refractivity contribution >= 4 is 40.3 Å². The van der Waals surface area contributed by atoms with E-state index in [9.17, 15) is 14.9 Å². The lowest BCUT2D eigenvalue weighted by Crippen LogP contribution is -2.19. The summed E-state index contributed by atoms with van der Waals surface area (Å²) in [6.45, 7) is 0. The summed E-state index contributed by atoms with van der Waals surface area (Å²) in [5, 5.41) is 16.0. The Morgan fingerprint density at radius 3 is 2.92 bits per heavy atom. The summed E-state index contributed by atoms with van der Waals surface area (Å²) in [5.41, 5.74) is 4.25. The fraction of sp³-hybridized carbons (Fsp3) is 0.0588. The molecule has 0 spiro atoms. The molecule has 7 nitrogen and oxygen atoms in total. The largest absolute Gasteiger partial charge is 0.361 e. The first kappa shape index (κ1) is 16.7. The summed E-state index contributed by atoms with van der Waals surface area (Å²) in [7, 11) is 0. The zero-order valence-electron chi connectivity index (χ0n) is 12.9. The summed E-state index contributed by atoms with van der Waals surface area (Å²) >= 11 is 5.75. The van der Waals surface area contributed by atoms with E-state index in [-0.39, 0.29) is 28.6 Å². The van der Waals surface area contributed by atoms with E-state index in [1.807, 2.05) is 24.3 Å². The lowest BCUT2D eigenvalue weighted by atomic mass is 10.1. The zero-order chi connectivity index (χ0) is 17.8. The molecule has 1 heterocycles. The Balaban J connectivity index is 1.68. The standard InChI is InChI=1S/C17H13ClN4O3/c18-13-6-5-11(16(8-13)22(24)25)10-20-21-17(23)7-12-9-19-15-4-2-1-3-14(12)15/h1-6,8-10,19H,7H2,(H,21,23)/b20-10+. The van der Waals surface area contributed by atoms with Crippen LogP contribution in [0, 0.1) is 10.1 Å². The minimum Gasteiger partial charge on any atom is -0.361 e. The van der Waals surface area contributed by atoms with E-state index in [1.54, 1.807) is 6.20 Å². The van der Waals surface area contributed by atoms with E-state index in [0.717, 1.165) is 16.5 Å². The highest BCUT2D eigenvalue weighted by atomic mass is 35.5. The lowest BCUT2D eigenvalue weighted by molar-refractivity contribution is -0.385. The fourth-order valence-electron chi connectivity index (χ4n) is 2.45. The Bertz CT molecular complexity index is 981. The predicted molar refractivity (Wildman–Crippen MR) is 95.8 cm³/mol. The van der Waals surface area contributed by atoms with Gasteiger partial charge in [-0.2, -0.15) is 5.10 Å². The van der Waals surface area contributed by atoms with Gasteiger partial charge in [0.25, 0.3) is 5.69 Å². The molecule has 8 heteroatoms. The molecule has 0 saturated heterocycles. The van der Waals surface area contributed by atoms with Gasteiger partial charge in [-0.3, -0.25) is 14.9 Å². The third-order valence-electron chi connectivity index (χ3n) is 3.61. The molecule has 3 aromatic rings. The van der Waals surface area contributed by atoms with Crippen molar-refractivity contribution in [2.75, 3.05) is 0 Å². The SMILES string of the molecule is O=C(Cc1c[nH]c2ccccc12)N/N=C/c1ccc(Cl)cc1[N+](=O)[O-]. The summed E-state index contributed by atoms with van der Waals surface area (Å²) < 4.78 is 0. The number of aromatic nitrogens is 1. The first-order valence-corrected chi connectivity index (χ1v) is 7.73. The van der Waals surface area contributed by atoms with Crippen LogP contribution >= 0.6 is 11.6 Å². The molecule has 0 saturated carbocycles. The number of nitrogens with zero attached hydrogens (tertiary/aromatic N) is 2. The van der Waals surface area contributed by atoms with Crippen molar-refractivity contribution < 1.29 is 9.72 Å². The Morgan fingerprint density at radius 1 is 1.32 bits per heavy atom. The van der Waals surface area contributed by atoms with Crippen LogP contribution < -0.4 is 5.43 Å². The summed E-state index contributed by atoms with van der Waals surface area (Å²) in [6.07, 6.45) is 3.14. The van der Waals surface area contributed by atoms with Crippen molar-refractivity contribution in [1.29, 1.82) is 0 Å². The summed E-state index contributed by atoms with van der Waals surface area (Å²) in [6, 6.07) is 11.9. The van der Waals surface area contributed by atoms with Gasteiger partial charge in [-0.05, 0) is 23.8 Å². The quantitative estimate of drug-likeness (QED) is 0.416. The van der Waals surface area contributed by atoms with Gasteiger partial charge in [0.1, 0.15) is 0 Å². The molecule has 25 heavy (non-hydrogen) atoms. The third-order valence-corrected chi connectivity index (χ3v) is 3.84. The number of carbonyl (C=O) groups is 1. The maximum absolute atomic E-state index is 12.0. The second kappa shape index (κ2) is 7.14. The van der Waals surface area contributed by atoms with Crippen LogP contribution in [0.5, 0.6) is 0 Å². The highest BCUT2D eigenvalue weighted by Gasteiger charge is 2.13. The van der Waals surface area contributed by atoms with Gasteiger partial charge in [0.15, 0.2) is 0 Å². The molecular formula is C17H13ClN4O3. The Labute approximate surface area is 147 Å². The predicted octanol–water partition coefficient (Wildman–Crippen LogP) is 3.42. The van der Waals surface area contributed by atoms with Crippen molar-refractivity contribution in [1.82, 2.24) is 10.4 Å². The number of para-hydroxylation sites is 1. The van der Waals surface area contributed by atoms with E-state index >= 15 is 0 Å². The smallest absolute Gasteiger partial charge is 0.279 e. The number of rotatable bonds is 5. The molecule has 0 unspecified atom stereocenters. The molecule has 1 aromatic heterocycles. The molecule has 0 fully saturated rings. The van der Waals surface area contributed by atoms with Crippen LogP contribution in [-0.4, -0.2) is 22.0 Å². The number of aromatic amines is 1. The van der Waals surface area contributed by atoms with Crippen LogP contribution in [0.25, 0.3) is 10.9 Å². The number of nitro benzene ring substituents is 1. The second-order valence-corrected chi connectivity index (χ2v) is 5.73. The monoisotopic (exact) mass is 356 g/mol. The van der Waals surface area contributed by atoms with Gasteiger partial charge in [-0.1, -0.05) is 29.8 Å². The van der Waals surface area contributed by atoms with E-state index < -0.39 is 4.92 Å². The van der Waals surface area contributed by atoms with Crippen molar-refractivity contribution in [3.05, 3.63) is 74.9 Å². The average molecular weight is 357 g/mol. The number of fused-ring (bicyclic) bond motifs is 1. The number of hydrogen-bond acceptors (Lipinski definition) is 4. The topological polar surface area (TPSA) is 100 Å². The zero-order valence-corrected chi connectivity index (χ0v) is 13.7. The van der Waals surface area contributed by atoms with Crippen molar-refractivity contribution in [2.24, 2.45) is 5.10 Å². The van der Waals surface area contributed by atoms with Crippen molar-refractivity contribution in [2.45, 2.75) is 6.42 Å². The molecule has 0 atom stereocenters. The molecule has 2 aromatic carbocycles. The van der Waals surface area contributed by atoms with Crippen LogP contribution in [0.15, 0.2) is 53.8 Å². The second-order valence-electron chi connectivity index (χ2n) is 5.29. The minimum absolute atomic E-state index is 0.143. The van der Waals surface area contributed by atoms with Crippen molar-refractivity contribution in [3.8, 4) is 0 Å². The number of benzene rings is 2. The van der Waals surface area contributed by atoms with Crippen LogP contribution in [0.3, 0.4) is 0 Å². The highest BCUT2D eigenvalue weighted by molar-refractivity contribution is 6.30. The lowest BCUT2D eigenvalue weighted by Gasteiger charge is -2.00. The molecule has 126 valence electrons. The van der Waals surface area contributed by atoms with Crippen LogP contribution in [0.4, 0.5) is 5.69 Å². The first-order chi connectivity index (χ1) is 12.0. The van der Waals surface area contributed by atoms with Crippen molar-refractivity contribution in [3.63, 3.8) is 0 Å². The van der Waals surface area contributed by atoms with E-state index in [4.69, 9.17) is 11.6 Å². The molecule has 0 aliphatic heterocycles. The molecule has 0 aliphatic carbocycles. The van der Waals surface area contributed by atoms with Gasteiger partial charge in [-0.25, -0.2) is 5.43 Å². The number of amides is 1. The van der Waals surface area contributed by atoms with Crippen LogP contribution in [0.2, 0.25) is 5.02 Å². The Kier molecular flexibility index (Phi) is 4.76. The minimum atomic E-state index is -0.555. The number of hydrazone groups is 1. The van der Waals surface area contributed by atoms with Gasteiger partial charge in [0.05, 0.1) is 23.1 Å². The van der Waals surface area contributed by atoms with Crippen LogP contribution in [0.1, 0.15) is 11.1 Å². The highest BCUT2D eigenvalue weighted by Crippen LogP contribution is 2.21. The number of carbonyl (C=O) groups excluding carboxylic acids is 1. The molecule has 3 rings (SSSR count). The maximum Gasteiger partial charge on any atom is 0.279 e. The molecule has 1 amide bonds. The normalized spacial score (nSPS) is 11.1. The van der Waals surface area contributed by atoms with Gasteiger partial charge < -0.3 is 4.98 Å². The van der Waals surface area contributed by atoms with E-state index in [0.29, 0.717) is 0 Å². The molecule has 0 bridgehead atoms. The number of nitro groups is 1. The van der Waals surface area contributed by atoms with Gasteiger partial charge >= 0.3 is 0 Å². The average Bonchev–Trinajstić information content (AvgIpc) is 2.99. The van der Waals surface area contributed by atoms with E-state index in [2.05, 4.69) is 15.5 Å². The number of nitrogens with one attached hydrogen (secondary N) is 2. The van der Waals surface area contributed by atoms with Gasteiger partial charge in [0.2, 0.25) is 5.91 Å². The van der Waals surface area contributed by atoms with Gasteiger partial charge in [-0.15, -0.1) is 0 Å². The maximum atomic E-state index is 12.0. The third kappa shape index (κ3) is 3.84. The van der Waals surface area contributed by atoms with Crippen LogP contribution in [-0.2, 0) is 11.2 Å². The number of hydrogen-bond donors (Lipinski definition) is 2. The molecule has 2 N–H and O–H groups in total. The molecule has 0 aliphatic rings.